The van der Waals surface area contributed by atoms with Crippen molar-refractivity contribution >= 4 is 0 Å². The topological polar surface area (TPSA) is 0 Å². The predicted octanol–water partition coefficient (Wildman–Crippen LogP) is 27.8. The van der Waals surface area contributed by atoms with Gasteiger partial charge in [-0.25, -0.2) is 0 Å². The van der Waals surface area contributed by atoms with Crippen LogP contribution in [-0.2, 0) is 0 Å². The molecule has 0 heteroatoms. The molecule has 0 aliphatic rings. The molecule has 0 bridgehead atoms. The molecule has 0 aliphatic heterocycles. The van der Waals surface area contributed by atoms with Gasteiger partial charge in [0.1, 0.15) is 0 Å². The van der Waals surface area contributed by atoms with Crippen LogP contribution in [0.4, 0.5) is 0 Å². The van der Waals surface area contributed by atoms with Gasteiger partial charge >= 0.3 is 0 Å². The Hall–Kier alpha value is 0. The third-order valence-electron chi connectivity index (χ3n) is 22.5. The van der Waals surface area contributed by atoms with Gasteiger partial charge < -0.3 is 0 Å². The molecule has 1 atom stereocenters. The molecule has 0 nitrogen and oxygen atoms in total. The van der Waals surface area contributed by atoms with E-state index in [0.717, 1.165) is 35.5 Å². The quantitative estimate of drug-likeness (QED) is 0.257. The van der Waals surface area contributed by atoms with Crippen molar-refractivity contribution in [1.29, 1.82) is 0 Å². The molecule has 0 amide bonds. The highest BCUT2D eigenvalue weighted by Crippen LogP contribution is 2.51. The third kappa shape index (κ3) is 38.6. The third-order valence-corrected chi connectivity index (χ3v) is 22.5. The Bertz CT molecular complexity index is 1260. The van der Waals surface area contributed by atoms with E-state index in [9.17, 15) is 0 Å². The Morgan fingerprint density at radius 2 is 0.459 bits per heavy atom. The first kappa shape index (κ1) is 90.5. The van der Waals surface area contributed by atoms with Gasteiger partial charge in [-0.1, -0.05) is 366 Å². The van der Waals surface area contributed by atoms with Crippen molar-refractivity contribution in [3.8, 4) is 0 Å². The molecule has 0 saturated heterocycles. The fourth-order valence-corrected chi connectivity index (χ4v) is 5.49. The van der Waals surface area contributed by atoms with E-state index >= 15 is 0 Å². The maximum Gasteiger partial charge on any atom is -0.0257 e. The normalized spacial score (nSPS) is 14.6. The second-order valence-electron chi connectivity index (χ2n) is 38.7. The van der Waals surface area contributed by atoms with Crippen LogP contribution in [0.3, 0.4) is 0 Å². The number of hydrogen-bond donors (Lipinski definition) is 0. The van der Waals surface area contributed by atoms with Gasteiger partial charge in [0, 0.05) is 0 Å². The van der Waals surface area contributed by atoms with Crippen molar-refractivity contribution < 1.29 is 0 Å². The van der Waals surface area contributed by atoms with Crippen LogP contribution in [0.2, 0.25) is 0 Å². The molecule has 0 aromatic carbocycles. The SMILES string of the molecule is CC(C(C)(C)C)C(C)(C)C.CC(C)(C)C(C)(C)C.CC(C)(C)C(C)(C)C.CC(C)(C)C(C)(C)C(C)(C)C.CC(C)C(C)(C)C(C)(C)C.CC(C)C(C)(C)C(C)C.CC(C)[C@@H](C)C(C)(C)C.CCC(C)(C)C(C)(C)C. The summed E-state index contributed by atoms with van der Waals surface area (Å²) in [5.74, 6) is 4.73. The molecule has 0 spiro atoms. The maximum absolute atomic E-state index is 2.35. The lowest BCUT2D eigenvalue weighted by atomic mass is 9.56. The van der Waals surface area contributed by atoms with E-state index in [2.05, 4.69) is 360 Å². The van der Waals surface area contributed by atoms with E-state index in [4.69, 9.17) is 0 Å². The zero-order chi connectivity index (χ0) is 63.7. The lowest BCUT2D eigenvalue weighted by Crippen LogP contribution is -2.41. The Morgan fingerprint density at radius 1 is 0.243 bits per heavy atom. The van der Waals surface area contributed by atoms with E-state index in [-0.39, 0.29) is 0 Å². The summed E-state index contributed by atoms with van der Waals surface area (Å²) in [5.41, 5.74) is 6.53. The second-order valence-corrected chi connectivity index (χ2v) is 38.7. The first-order chi connectivity index (χ1) is 30.9. The van der Waals surface area contributed by atoms with Crippen LogP contribution in [0.15, 0.2) is 0 Å². The summed E-state index contributed by atoms with van der Waals surface area (Å²) >= 11 is 0. The smallest absolute Gasteiger partial charge is 0.0257 e. The highest BCUT2D eigenvalue weighted by Gasteiger charge is 2.42. The molecule has 0 aromatic heterocycles. The van der Waals surface area contributed by atoms with Gasteiger partial charge in [-0.05, 0) is 117 Å². The standard InChI is InChI=1S/C11H24.2C10H22.3C9H20.2C8H18/c1-9(2,3)11(7,8)10(4,5)6;1-8(9(2,3)4)10(5,6)7;1-8(2)10(6,7)9(3,4)5;1-7-9(5,6)8(2,3)4;1-7(2)8(3)9(4,5)6;1-7(2)9(5,6)8(3)4;2*1-7(2,3)8(4,5)6/h1-8H3;2*8H,1-7H3;7H2,1-6H3;2*7-8H,1-6H3;2*1-6H3/t;;;;8-;;;/m....1.../s1. The highest BCUT2D eigenvalue weighted by molar-refractivity contribution is 4.92. The van der Waals surface area contributed by atoms with Crippen molar-refractivity contribution in [2.24, 2.45) is 117 Å². The minimum absolute atomic E-state index is 0.375. The second kappa shape index (κ2) is 31.9. The van der Waals surface area contributed by atoms with Crippen molar-refractivity contribution in [2.45, 2.75) is 366 Å². The van der Waals surface area contributed by atoms with Gasteiger partial charge in [-0.15, -0.1) is 0 Å². The van der Waals surface area contributed by atoms with Crippen LogP contribution in [0.1, 0.15) is 366 Å². The summed E-state index contributed by atoms with van der Waals surface area (Å²) in [5, 5.41) is 0. The average molecular weight is 1050 g/mol. The largest absolute Gasteiger partial charge is 0.0649 e. The van der Waals surface area contributed by atoms with Crippen molar-refractivity contribution in [3.05, 3.63) is 0 Å². The van der Waals surface area contributed by atoms with E-state index in [1.54, 1.807) is 0 Å². The van der Waals surface area contributed by atoms with Gasteiger partial charge in [0.05, 0.1) is 0 Å². The van der Waals surface area contributed by atoms with Gasteiger partial charge in [0.2, 0.25) is 0 Å². The lowest BCUT2D eigenvalue weighted by Gasteiger charge is -2.49. The van der Waals surface area contributed by atoms with Crippen LogP contribution >= 0.6 is 0 Å². The Morgan fingerprint density at radius 3 is 0.459 bits per heavy atom. The van der Waals surface area contributed by atoms with E-state index < -0.39 is 0 Å². The molecule has 0 saturated carbocycles. The van der Waals surface area contributed by atoms with Gasteiger partial charge in [-0.3, -0.25) is 0 Å². The summed E-state index contributed by atoms with van der Waals surface area (Å²) in [4.78, 5) is 0. The van der Waals surface area contributed by atoms with Gasteiger partial charge in [0.15, 0.2) is 0 Å². The molecule has 74 heavy (non-hydrogen) atoms. The molecule has 0 aromatic rings. The van der Waals surface area contributed by atoms with E-state index in [1.165, 1.54) is 6.42 Å². The fraction of sp³-hybridized carbons (Fsp3) is 1.00. The molecule has 0 heterocycles. The monoisotopic (exact) mass is 1050 g/mol. The molecule has 460 valence electrons. The van der Waals surface area contributed by atoms with E-state index in [0.29, 0.717) is 81.2 Å². The maximum atomic E-state index is 2.35. The first-order valence-electron chi connectivity index (χ1n) is 30.9. The highest BCUT2D eigenvalue weighted by atomic mass is 14.5. The Balaban J connectivity index is -0.000000112. The minimum atomic E-state index is 0.375. The summed E-state index contributed by atoms with van der Waals surface area (Å²) in [6, 6.07) is 0. The van der Waals surface area contributed by atoms with Gasteiger partial charge in [-0.2, -0.15) is 0 Å². The van der Waals surface area contributed by atoms with Crippen molar-refractivity contribution in [2.75, 3.05) is 0 Å². The van der Waals surface area contributed by atoms with Crippen LogP contribution in [-0.4, -0.2) is 0 Å². The molecular weight excluding hydrogens is 889 g/mol. The molecule has 0 fully saturated rings. The minimum Gasteiger partial charge on any atom is -0.0649 e. The fourth-order valence-electron chi connectivity index (χ4n) is 5.49. The molecule has 0 N–H and O–H groups in total. The zero-order valence-electron chi connectivity index (χ0n) is 63.7. The average Bonchev–Trinajstić information content (AvgIpc) is 3.07. The molecule has 0 rings (SSSR count). The molecular formula is C74H164. The number of rotatable bonds is 5. The van der Waals surface area contributed by atoms with Crippen LogP contribution < -0.4 is 0 Å². The van der Waals surface area contributed by atoms with Crippen molar-refractivity contribution in [3.63, 3.8) is 0 Å². The van der Waals surface area contributed by atoms with Crippen LogP contribution in [0.25, 0.3) is 0 Å². The van der Waals surface area contributed by atoms with Gasteiger partial charge in [0.25, 0.3) is 0 Å². The van der Waals surface area contributed by atoms with Crippen LogP contribution in [0, 0.1) is 117 Å². The van der Waals surface area contributed by atoms with Crippen molar-refractivity contribution in [1.82, 2.24) is 0 Å². The number of hydrogen-bond acceptors (Lipinski definition) is 0. The Kier molecular flexibility index (Phi) is 39.0. The Labute approximate surface area is 480 Å². The molecule has 0 radical (unpaired) electrons. The first-order valence-corrected chi connectivity index (χ1v) is 30.9. The molecule has 0 aliphatic carbocycles. The molecule has 0 unspecified atom stereocenters. The summed E-state index contributed by atoms with van der Waals surface area (Å²) in [7, 11) is 0. The van der Waals surface area contributed by atoms with E-state index in [1.807, 2.05) is 0 Å². The lowest BCUT2D eigenvalue weighted by molar-refractivity contribution is 0.00575. The summed E-state index contributed by atoms with van der Waals surface area (Å²) < 4.78 is 0. The summed E-state index contributed by atoms with van der Waals surface area (Å²) in [6.07, 6.45) is 1.26. The zero-order valence-corrected chi connectivity index (χ0v) is 63.7. The predicted molar refractivity (Wildman–Crippen MR) is 357 cm³/mol. The summed E-state index contributed by atoms with van der Waals surface area (Å²) in [6.45, 7) is 120. The van der Waals surface area contributed by atoms with Crippen LogP contribution in [0.5, 0.6) is 0 Å².